The third kappa shape index (κ3) is 5.36. The Kier molecular flexibility index (Phi) is 6.11. The van der Waals surface area contributed by atoms with Crippen molar-refractivity contribution in [3.8, 4) is 0 Å². The first-order chi connectivity index (χ1) is 10.0. The highest BCUT2D eigenvalue weighted by Crippen LogP contribution is 2.19. The molecule has 2 aromatic rings. The third-order valence-electron chi connectivity index (χ3n) is 3.09. The van der Waals surface area contributed by atoms with E-state index >= 15 is 0 Å². The number of hydrogen-bond donors (Lipinski definition) is 1. The molecule has 2 aromatic carbocycles. The summed E-state index contributed by atoms with van der Waals surface area (Å²) < 4.78 is 1.18. The highest BCUT2D eigenvalue weighted by atomic mass is 127. The van der Waals surface area contributed by atoms with Crippen LogP contribution in [0.15, 0.2) is 42.5 Å². The van der Waals surface area contributed by atoms with Crippen LogP contribution in [0.3, 0.4) is 0 Å². The van der Waals surface area contributed by atoms with Gasteiger partial charge in [-0.3, -0.25) is 4.79 Å². The molecule has 0 heterocycles. The molecule has 2 nitrogen and oxygen atoms in total. The minimum atomic E-state index is 0.0522. The summed E-state index contributed by atoms with van der Waals surface area (Å²) in [6, 6.07) is 14.5. The van der Waals surface area contributed by atoms with Crippen molar-refractivity contribution in [1.29, 1.82) is 0 Å². The average Bonchev–Trinajstić information content (AvgIpc) is 2.44. The predicted octanol–water partition coefficient (Wildman–Crippen LogP) is 4.78. The largest absolute Gasteiger partial charge is 0.325 e. The molecule has 4 heteroatoms. The predicted molar refractivity (Wildman–Crippen MR) is 99.9 cm³/mol. The van der Waals surface area contributed by atoms with Crippen LogP contribution in [0.1, 0.15) is 16.7 Å². The van der Waals surface area contributed by atoms with Crippen molar-refractivity contribution in [2.45, 2.75) is 19.6 Å². The first-order valence-electron chi connectivity index (χ1n) is 6.74. The van der Waals surface area contributed by atoms with Gasteiger partial charge in [0, 0.05) is 15.0 Å². The van der Waals surface area contributed by atoms with Crippen LogP contribution in [-0.4, -0.2) is 11.7 Å². The monoisotopic (exact) mass is 411 g/mol. The number of amides is 1. The number of hydrogen-bond acceptors (Lipinski definition) is 2. The maximum atomic E-state index is 12.0. The molecule has 0 radical (unpaired) electrons. The van der Waals surface area contributed by atoms with Gasteiger partial charge in [0.15, 0.2) is 0 Å². The van der Waals surface area contributed by atoms with Gasteiger partial charge >= 0.3 is 0 Å². The van der Waals surface area contributed by atoms with Gasteiger partial charge in [0.25, 0.3) is 0 Å². The van der Waals surface area contributed by atoms with Crippen molar-refractivity contribution < 1.29 is 4.79 Å². The van der Waals surface area contributed by atoms with Gasteiger partial charge in [-0.05, 0) is 65.8 Å². The Bertz CT molecular complexity index is 625. The van der Waals surface area contributed by atoms with E-state index in [1.54, 1.807) is 11.8 Å². The topological polar surface area (TPSA) is 29.1 Å². The molecular formula is C17H18INOS. The number of halogens is 1. The molecule has 0 fully saturated rings. The zero-order valence-electron chi connectivity index (χ0n) is 12.2. The lowest BCUT2D eigenvalue weighted by atomic mass is 10.2. The summed E-state index contributed by atoms with van der Waals surface area (Å²) in [6.07, 6.45) is 0. The van der Waals surface area contributed by atoms with E-state index in [-0.39, 0.29) is 5.91 Å². The quantitative estimate of drug-likeness (QED) is 0.718. The molecule has 0 saturated carbocycles. The molecule has 2 rings (SSSR count). The molecule has 0 aromatic heterocycles. The Morgan fingerprint density at radius 3 is 2.52 bits per heavy atom. The first-order valence-corrected chi connectivity index (χ1v) is 8.97. The summed E-state index contributed by atoms with van der Waals surface area (Å²) in [5.41, 5.74) is 4.51. The van der Waals surface area contributed by atoms with Crippen LogP contribution in [0.25, 0.3) is 0 Å². The van der Waals surface area contributed by atoms with Crippen molar-refractivity contribution in [1.82, 2.24) is 0 Å². The molecule has 0 atom stereocenters. The molecule has 0 unspecified atom stereocenters. The van der Waals surface area contributed by atoms with Crippen LogP contribution in [-0.2, 0) is 10.5 Å². The molecule has 110 valence electrons. The molecule has 0 saturated heterocycles. The minimum Gasteiger partial charge on any atom is -0.325 e. The molecule has 0 aliphatic carbocycles. The van der Waals surface area contributed by atoms with Crippen molar-refractivity contribution in [2.75, 3.05) is 11.1 Å². The van der Waals surface area contributed by atoms with E-state index in [9.17, 15) is 4.79 Å². The fourth-order valence-corrected chi connectivity index (χ4v) is 3.33. The summed E-state index contributed by atoms with van der Waals surface area (Å²) in [5, 5.41) is 2.97. The molecule has 0 spiro atoms. The highest BCUT2D eigenvalue weighted by Gasteiger charge is 2.05. The van der Waals surface area contributed by atoms with E-state index in [2.05, 4.69) is 65.2 Å². The molecule has 21 heavy (non-hydrogen) atoms. The first kappa shape index (κ1) is 16.4. The van der Waals surface area contributed by atoms with Crippen LogP contribution < -0.4 is 5.32 Å². The Balaban J connectivity index is 1.81. The van der Waals surface area contributed by atoms with Gasteiger partial charge in [-0.2, -0.15) is 0 Å². The number of nitrogens with one attached hydrogen (secondary N) is 1. The second kappa shape index (κ2) is 7.84. The van der Waals surface area contributed by atoms with Gasteiger partial charge in [-0.1, -0.05) is 29.8 Å². The molecular weight excluding hydrogens is 393 g/mol. The Morgan fingerprint density at radius 2 is 1.86 bits per heavy atom. The van der Waals surface area contributed by atoms with Crippen molar-refractivity contribution in [3.63, 3.8) is 0 Å². The summed E-state index contributed by atoms with van der Waals surface area (Å²) in [7, 11) is 0. The maximum Gasteiger partial charge on any atom is 0.234 e. The standard InChI is InChI=1S/C17H18INOS/c1-12-3-5-14(6-4-12)10-21-11-17(20)19-16-8-7-15(18)9-13(16)2/h3-9H,10-11H2,1-2H3,(H,19,20). The van der Waals surface area contributed by atoms with Crippen LogP contribution in [0.4, 0.5) is 5.69 Å². The normalized spacial score (nSPS) is 10.4. The number of benzene rings is 2. The van der Waals surface area contributed by atoms with E-state index in [0.717, 1.165) is 17.0 Å². The summed E-state index contributed by atoms with van der Waals surface area (Å²) in [6.45, 7) is 4.09. The van der Waals surface area contributed by atoms with Gasteiger partial charge in [0.1, 0.15) is 0 Å². The highest BCUT2D eigenvalue weighted by molar-refractivity contribution is 14.1. The van der Waals surface area contributed by atoms with Gasteiger partial charge in [-0.15, -0.1) is 11.8 Å². The lowest BCUT2D eigenvalue weighted by Crippen LogP contribution is -2.15. The molecule has 0 aliphatic rings. The average molecular weight is 411 g/mol. The van der Waals surface area contributed by atoms with Crippen molar-refractivity contribution in [3.05, 3.63) is 62.7 Å². The van der Waals surface area contributed by atoms with Crippen LogP contribution in [0.2, 0.25) is 0 Å². The number of carbonyl (C=O) groups excluding carboxylic acids is 1. The summed E-state index contributed by atoms with van der Waals surface area (Å²) in [4.78, 5) is 12.0. The van der Waals surface area contributed by atoms with E-state index in [1.807, 2.05) is 19.1 Å². The van der Waals surface area contributed by atoms with Crippen LogP contribution >= 0.6 is 34.4 Å². The number of aryl methyl sites for hydroxylation is 2. The second-order valence-electron chi connectivity index (χ2n) is 4.99. The Hall–Kier alpha value is -1.01. The van der Waals surface area contributed by atoms with Crippen LogP contribution in [0, 0.1) is 17.4 Å². The fourth-order valence-electron chi connectivity index (χ4n) is 1.90. The second-order valence-corrected chi connectivity index (χ2v) is 7.22. The SMILES string of the molecule is Cc1ccc(CSCC(=O)Nc2ccc(I)cc2C)cc1. The van der Waals surface area contributed by atoms with Crippen molar-refractivity contribution >= 4 is 45.9 Å². The van der Waals surface area contributed by atoms with E-state index in [1.165, 1.54) is 14.7 Å². The lowest BCUT2D eigenvalue weighted by molar-refractivity contribution is -0.113. The van der Waals surface area contributed by atoms with E-state index in [0.29, 0.717) is 5.75 Å². The van der Waals surface area contributed by atoms with Gasteiger partial charge in [0.2, 0.25) is 5.91 Å². The number of thioether (sulfide) groups is 1. The summed E-state index contributed by atoms with van der Waals surface area (Å²) >= 11 is 3.91. The molecule has 0 aliphatic heterocycles. The van der Waals surface area contributed by atoms with E-state index < -0.39 is 0 Å². The van der Waals surface area contributed by atoms with Gasteiger partial charge < -0.3 is 5.32 Å². The maximum absolute atomic E-state index is 12.0. The number of anilines is 1. The van der Waals surface area contributed by atoms with Gasteiger partial charge in [0.05, 0.1) is 5.75 Å². The minimum absolute atomic E-state index is 0.0522. The number of rotatable bonds is 5. The van der Waals surface area contributed by atoms with E-state index in [4.69, 9.17) is 0 Å². The number of carbonyl (C=O) groups is 1. The zero-order valence-corrected chi connectivity index (χ0v) is 15.1. The molecule has 1 N–H and O–H groups in total. The third-order valence-corrected chi connectivity index (χ3v) is 4.76. The van der Waals surface area contributed by atoms with Gasteiger partial charge in [-0.25, -0.2) is 0 Å². The Morgan fingerprint density at radius 1 is 1.14 bits per heavy atom. The summed E-state index contributed by atoms with van der Waals surface area (Å²) in [5.74, 6) is 1.38. The molecule has 0 bridgehead atoms. The van der Waals surface area contributed by atoms with Crippen LogP contribution in [0.5, 0.6) is 0 Å². The van der Waals surface area contributed by atoms with Crippen molar-refractivity contribution in [2.24, 2.45) is 0 Å². The fraction of sp³-hybridized carbons (Fsp3) is 0.235. The lowest BCUT2D eigenvalue weighted by Gasteiger charge is -2.08. The Labute approximate surface area is 143 Å². The smallest absolute Gasteiger partial charge is 0.234 e. The molecule has 1 amide bonds. The zero-order chi connectivity index (χ0) is 15.2.